The van der Waals surface area contributed by atoms with Crippen LogP contribution in [-0.2, 0) is 11.3 Å². The number of hydrogen-bond acceptors (Lipinski definition) is 4. The Morgan fingerprint density at radius 1 is 1.04 bits per heavy atom. The van der Waals surface area contributed by atoms with E-state index in [4.69, 9.17) is 0 Å². The molecule has 0 aliphatic heterocycles. The van der Waals surface area contributed by atoms with E-state index >= 15 is 0 Å². The van der Waals surface area contributed by atoms with Gasteiger partial charge in [0.25, 0.3) is 0 Å². The summed E-state index contributed by atoms with van der Waals surface area (Å²) in [4.78, 5) is 28.3. The van der Waals surface area contributed by atoms with Gasteiger partial charge < -0.3 is 0 Å². The molecule has 1 amide bonds. The normalized spacial score (nSPS) is 11.0. The third kappa shape index (κ3) is 2.87. The standard InChI is InChI=1S/C18H15N5O2/c24-17-11-20-22(15-7-3-1-5-13(15)17)10-9-18(25)21-23-12-19-14-6-2-4-8-16(14)23/h1-8,11-12H,9-10H2,(H,21,25). The molecule has 0 atom stereocenters. The lowest BCUT2D eigenvalue weighted by Gasteiger charge is -2.10. The molecule has 0 bridgehead atoms. The average molecular weight is 333 g/mol. The van der Waals surface area contributed by atoms with Crippen molar-refractivity contribution < 1.29 is 4.79 Å². The van der Waals surface area contributed by atoms with E-state index in [0.717, 1.165) is 16.6 Å². The molecule has 7 nitrogen and oxygen atoms in total. The highest BCUT2D eigenvalue weighted by Crippen LogP contribution is 2.11. The Morgan fingerprint density at radius 3 is 2.68 bits per heavy atom. The summed E-state index contributed by atoms with van der Waals surface area (Å²) in [5.41, 5.74) is 5.05. The quantitative estimate of drug-likeness (QED) is 0.618. The molecule has 25 heavy (non-hydrogen) atoms. The molecule has 0 fully saturated rings. The molecule has 0 saturated heterocycles. The molecule has 4 rings (SSSR count). The lowest BCUT2D eigenvalue weighted by atomic mass is 10.2. The zero-order chi connectivity index (χ0) is 17.2. The van der Waals surface area contributed by atoms with Crippen LogP contribution in [0.1, 0.15) is 6.42 Å². The van der Waals surface area contributed by atoms with Crippen LogP contribution in [0.2, 0.25) is 0 Å². The van der Waals surface area contributed by atoms with Gasteiger partial charge >= 0.3 is 0 Å². The predicted molar refractivity (Wildman–Crippen MR) is 94.7 cm³/mol. The maximum atomic E-state index is 12.3. The lowest BCUT2D eigenvalue weighted by Crippen LogP contribution is -2.24. The summed E-state index contributed by atoms with van der Waals surface area (Å²) < 4.78 is 3.27. The fraction of sp³-hybridized carbons (Fsp3) is 0.111. The van der Waals surface area contributed by atoms with Gasteiger partial charge in [-0.1, -0.05) is 24.3 Å². The van der Waals surface area contributed by atoms with Gasteiger partial charge in [0.1, 0.15) is 6.33 Å². The Hall–Kier alpha value is -3.48. The third-order valence-electron chi connectivity index (χ3n) is 4.01. The monoisotopic (exact) mass is 333 g/mol. The van der Waals surface area contributed by atoms with Crippen molar-refractivity contribution in [1.82, 2.24) is 19.4 Å². The van der Waals surface area contributed by atoms with Crippen LogP contribution in [-0.4, -0.2) is 25.3 Å². The highest BCUT2D eigenvalue weighted by Gasteiger charge is 2.08. The smallest absolute Gasteiger partial charge is 0.240 e. The predicted octanol–water partition coefficient (Wildman–Crippen LogP) is 1.91. The fourth-order valence-corrected chi connectivity index (χ4v) is 2.79. The molecule has 2 heterocycles. The van der Waals surface area contributed by atoms with Crippen molar-refractivity contribution in [3.05, 3.63) is 71.3 Å². The molecule has 7 heteroatoms. The van der Waals surface area contributed by atoms with Crippen LogP contribution in [0.3, 0.4) is 0 Å². The maximum absolute atomic E-state index is 12.3. The number of aromatic nitrogens is 4. The van der Waals surface area contributed by atoms with Crippen LogP contribution in [0.4, 0.5) is 0 Å². The molecule has 0 radical (unpaired) electrons. The van der Waals surface area contributed by atoms with Gasteiger partial charge in [-0.2, -0.15) is 5.10 Å². The van der Waals surface area contributed by atoms with Crippen molar-refractivity contribution in [3.63, 3.8) is 0 Å². The van der Waals surface area contributed by atoms with E-state index in [2.05, 4.69) is 15.5 Å². The Labute approximate surface area is 142 Å². The summed E-state index contributed by atoms with van der Waals surface area (Å²) in [7, 11) is 0. The minimum Gasteiger partial charge on any atom is -0.287 e. The molecular weight excluding hydrogens is 318 g/mol. The molecular formula is C18H15N5O2. The van der Waals surface area contributed by atoms with Crippen LogP contribution in [0, 0.1) is 0 Å². The lowest BCUT2D eigenvalue weighted by molar-refractivity contribution is -0.117. The Kier molecular flexibility index (Phi) is 3.74. The van der Waals surface area contributed by atoms with E-state index in [1.807, 2.05) is 42.5 Å². The molecule has 2 aromatic heterocycles. The second kappa shape index (κ2) is 6.20. The molecule has 0 aliphatic rings. The maximum Gasteiger partial charge on any atom is 0.240 e. The van der Waals surface area contributed by atoms with E-state index in [1.165, 1.54) is 6.20 Å². The number of nitrogens with zero attached hydrogens (tertiary/aromatic N) is 4. The van der Waals surface area contributed by atoms with E-state index < -0.39 is 0 Å². The van der Waals surface area contributed by atoms with Crippen molar-refractivity contribution in [2.45, 2.75) is 13.0 Å². The van der Waals surface area contributed by atoms with Crippen molar-refractivity contribution in [3.8, 4) is 0 Å². The molecule has 0 aliphatic carbocycles. The summed E-state index contributed by atoms with van der Waals surface area (Å²) in [6.07, 6.45) is 3.09. The zero-order valence-corrected chi connectivity index (χ0v) is 13.3. The number of carbonyl (C=O) groups is 1. The average Bonchev–Trinajstić information content (AvgIpc) is 3.04. The van der Waals surface area contributed by atoms with Crippen molar-refractivity contribution in [2.24, 2.45) is 0 Å². The number of amides is 1. The van der Waals surface area contributed by atoms with Gasteiger partial charge in [-0.3, -0.25) is 19.7 Å². The Balaban J connectivity index is 1.51. The number of rotatable bonds is 4. The first-order valence-electron chi connectivity index (χ1n) is 7.89. The van der Waals surface area contributed by atoms with E-state index in [1.54, 1.807) is 21.8 Å². The number of hydrogen-bond donors (Lipinski definition) is 1. The minimum absolute atomic E-state index is 0.124. The summed E-state index contributed by atoms with van der Waals surface area (Å²) in [5, 5.41) is 4.73. The number of carbonyl (C=O) groups excluding carboxylic acids is 1. The molecule has 0 spiro atoms. The van der Waals surface area contributed by atoms with Crippen molar-refractivity contribution in [1.29, 1.82) is 0 Å². The van der Waals surface area contributed by atoms with Gasteiger partial charge in [0, 0.05) is 11.8 Å². The van der Waals surface area contributed by atoms with E-state index in [0.29, 0.717) is 11.9 Å². The summed E-state index contributed by atoms with van der Waals surface area (Å²) in [6, 6.07) is 14.8. The van der Waals surface area contributed by atoms with E-state index in [9.17, 15) is 9.59 Å². The number of aryl methyl sites for hydroxylation is 1. The van der Waals surface area contributed by atoms with Crippen LogP contribution >= 0.6 is 0 Å². The topological polar surface area (TPSA) is 81.8 Å². The summed E-state index contributed by atoms with van der Waals surface area (Å²) in [5.74, 6) is -0.160. The molecule has 1 N–H and O–H groups in total. The van der Waals surface area contributed by atoms with Crippen LogP contribution < -0.4 is 10.9 Å². The second-order valence-electron chi connectivity index (χ2n) is 5.64. The Bertz CT molecular complexity index is 1130. The number of imidazole rings is 1. The highest BCUT2D eigenvalue weighted by atomic mass is 16.2. The molecule has 2 aromatic carbocycles. The SMILES string of the molecule is O=C(CCn1ncc(=O)c2ccccc21)Nn1cnc2ccccc21. The van der Waals surface area contributed by atoms with Crippen molar-refractivity contribution in [2.75, 3.05) is 5.43 Å². The first-order valence-corrected chi connectivity index (χ1v) is 7.89. The molecule has 0 saturated carbocycles. The third-order valence-corrected chi connectivity index (χ3v) is 4.01. The zero-order valence-electron chi connectivity index (χ0n) is 13.3. The number of para-hydroxylation sites is 3. The number of fused-ring (bicyclic) bond motifs is 2. The minimum atomic E-state index is -0.160. The van der Waals surface area contributed by atoms with Gasteiger partial charge in [0.15, 0.2) is 0 Å². The summed E-state index contributed by atoms with van der Waals surface area (Å²) in [6.45, 7) is 0.374. The number of nitrogens with one attached hydrogen (secondary N) is 1. The second-order valence-corrected chi connectivity index (χ2v) is 5.64. The fourth-order valence-electron chi connectivity index (χ4n) is 2.79. The van der Waals surface area contributed by atoms with Crippen LogP contribution in [0.25, 0.3) is 21.9 Å². The van der Waals surface area contributed by atoms with Gasteiger partial charge in [-0.15, -0.1) is 0 Å². The highest BCUT2D eigenvalue weighted by molar-refractivity contribution is 5.86. The molecule has 124 valence electrons. The van der Waals surface area contributed by atoms with Crippen LogP contribution in [0.5, 0.6) is 0 Å². The van der Waals surface area contributed by atoms with Gasteiger partial charge in [0.2, 0.25) is 11.3 Å². The largest absolute Gasteiger partial charge is 0.287 e. The van der Waals surface area contributed by atoms with E-state index in [-0.39, 0.29) is 17.8 Å². The number of benzene rings is 2. The van der Waals surface area contributed by atoms with Gasteiger partial charge in [0.05, 0.1) is 29.3 Å². The summed E-state index contributed by atoms with van der Waals surface area (Å²) >= 11 is 0. The molecule has 0 unspecified atom stereocenters. The van der Waals surface area contributed by atoms with Gasteiger partial charge in [-0.05, 0) is 24.3 Å². The first-order chi connectivity index (χ1) is 12.2. The first kappa shape index (κ1) is 15.1. The van der Waals surface area contributed by atoms with Gasteiger partial charge in [-0.25, -0.2) is 9.66 Å². The van der Waals surface area contributed by atoms with Crippen molar-refractivity contribution >= 4 is 27.8 Å². The Morgan fingerprint density at radius 2 is 1.80 bits per heavy atom. The molecule has 4 aromatic rings. The van der Waals surface area contributed by atoms with Crippen LogP contribution in [0.15, 0.2) is 65.8 Å².